The minimum absolute atomic E-state index is 0.130. The third-order valence-corrected chi connectivity index (χ3v) is 11.9. The second-order valence-corrected chi connectivity index (χ2v) is 15.6. The van der Waals surface area contributed by atoms with E-state index in [1.807, 2.05) is 6.07 Å². The predicted octanol–water partition coefficient (Wildman–Crippen LogP) is 12.7. The summed E-state index contributed by atoms with van der Waals surface area (Å²) in [5.41, 5.74) is 17.2. The van der Waals surface area contributed by atoms with Gasteiger partial charge in [0.15, 0.2) is 0 Å². The van der Waals surface area contributed by atoms with Crippen LogP contribution in [0.4, 0.5) is 17.1 Å². The van der Waals surface area contributed by atoms with Gasteiger partial charge in [0.2, 0.25) is 0 Å². The molecule has 0 atom stereocenters. The number of hydrogen-bond donors (Lipinski definition) is 1. The number of benzene rings is 7. The number of aromatic nitrogens is 1. The lowest BCUT2D eigenvalue weighted by Gasteiger charge is -2.23. The zero-order chi connectivity index (χ0) is 36.2. The molecule has 2 aliphatic carbocycles. The Kier molecular flexibility index (Phi) is 6.51. The fraction of sp³-hybridized carbons (Fsp3) is 0.125. The fourth-order valence-electron chi connectivity index (χ4n) is 9.09. The highest BCUT2D eigenvalue weighted by molar-refractivity contribution is 6.10. The number of nitrogens with zero attached hydrogens (tertiary/aromatic N) is 2. The molecule has 10 rings (SSSR count). The maximum atomic E-state index is 11.5. The van der Waals surface area contributed by atoms with Crippen LogP contribution in [0.2, 0.25) is 0 Å². The van der Waals surface area contributed by atoms with Crippen molar-refractivity contribution in [1.82, 2.24) is 4.57 Å². The van der Waals surface area contributed by atoms with Crippen molar-refractivity contribution in [1.29, 1.82) is 0 Å². The average molecular weight is 688 g/mol. The van der Waals surface area contributed by atoms with E-state index in [0.29, 0.717) is 0 Å². The van der Waals surface area contributed by atoms with Crippen LogP contribution in [-0.2, 0) is 10.8 Å². The molecule has 0 bridgehead atoms. The molecule has 0 aliphatic heterocycles. The van der Waals surface area contributed by atoms with Crippen molar-refractivity contribution in [2.45, 2.75) is 38.5 Å². The highest BCUT2D eigenvalue weighted by Gasteiger charge is 2.38. The first kappa shape index (κ1) is 31.3. The Labute approximate surface area is 308 Å². The number of non-ortho nitro benzene ring substituents is 1. The van der Waals surface area contributed by atoms with Gasteiger partial charge in [-0.1, -0.05) is 94.4 Å². The van der Waals surface area contributed by atoms with Crippen LogP contribution < -0.4 is 5.32 Å². The van der Waals surface area contributed by atoms with Gasteiger partial charge in [0.1, 0.15) is 0 Å². The fourth-order valence-corrected chi connectivity index (χ4v) is 9.09. The largest absolute Gasteiger partial charge is 0.356 e. The van der Waals surface area contributed by atoms with Gasteiger partial charge in [-0.25, -0.2) is 0 Å². The van der Waals surface area contributed by atoms with Gasteiger partial charge in [-0.15, -0.1) is 0 Å². The summed E-state index contributed by atoms with van der Waals surface area (Å²) in [6, 6.07) is 51.5. The molecule has 53 heavy (non-hydrogen) atoms. The minimum atomic E-state index is -0.350. The van der Waals surface area contributed by atoms with E-state index < -0.39 is 0 Å². The van der Waals surface area contributed by atoms with Crippen molar-refractivity contribution in [2.24, 2.45) is 0 Å². The van der Waals surface area contributed by atoms with E-state index in [2.05, 4.69) is 165 Å². The lowest BCUT2D eigenvalue weighted by molar-refractivity contribution is -0.384. The molecule has 0 unspecified atom stereocenters. The van der Waals surface area contributed by atoms with E-state index in [1.54, 1.807) is 12.1 Å². The normalized spacial score (nSPS) is 14.5. The molecule has 0 saturated heterocycles. The first-order valence-corrected chi connectivity index (χ1v) is 18.2. The van der Waals surface area contributed by atoms with Gasteiger partial charge >= 0.3 is 0 Å². The summed E-state index contributed by atoms with van der Waals surface area (Å²) >= 11 is 0. The Hall–Kier alpha value is -6.46. The van der Waals surface area contributed by atoms with Gasteiger partial charge in [-0.3, -0.25) is 10.1 Å². The Morgan fingerprint density at radius 3 is 1.68 bits per heavy atom. The molecule has 2 aliphatic rings. The summed E-state index contributed by atoms with van der Waals surface area (Å²) < 4.78 is 2.36. The van der Waals surface area contributed by atoms with Crippen molar-refractivity contribution in [3.63, 3.8) is 0 Å². The van der Waals surface area contributed by atoms with Gasteiger partial charge in [-0.05, 0) is 122 Å². The molecule has 0 saturated carbocycles. The summed E-state index contributed by atoms with van der Waals surface area (Å²) in [5.74, 6) is 0. The van der Waals surface area contributed by atoms with Crippen LogP contribution in [0.25, 0.3) is 60.9 Å². The summed E-state index contributed by atoms with van der Waals surface area (Å²) in [4.78, 5) is 11.2. The number of nitro benzene ring substituents is 1. The van der Waals surface area contributed by atoms with Crippen LogP contribution in [0.5, 0.6) is 0 Å². The number of nitrogens with one attached hydrogen (secondary N) is 1. The van der Waals surface area contributed by atoms with Gasteiger partial charge in [0.05, 0.1) is 16.0 Å². The molecule has 8 aromatic rings. The van der Waals surface area contributed by atoms with E-state index in [9.17, 15) is 10.1 Å². The molecule has 0 spiro atoms. The van der Waals surface area contributed by atoms with E-state index in [-0.39, 0.29) is 21.4 Å². The standard InChI is InChI=1S/C48H37N3O2/c1-47(2)41-25-30(29-15-23-46-40(24-29)39-12-8-9-13-45(39)50(46)33-10-6-5-7-11-33)14-19-35(41)36-20-16-31(26-42(36)47)49-32-17-21-37-38-22-18-34(51(52)53)28-44(38)48(3,4)43(37)27-32/h5-28,49H,1-4H3. The molecule has 7 aromatic carbocycles. The van der Waals surface area contributed by atoms with Crippen LogP contribution in [0, 0.1) is 10.1 Å². The molecule has 5 nitrogen and oxygen atoms in total. The SMILES string of the molecule is CC1(C)c2cc(Nc3ccc4c(c3)C(C)(C)c3cc([N+](=O)[O-])ccc3-4)ccc2-c2ccc(-c3ccc4c(c3)c3ccccc3n4-c3ccccc3)cc21. The second kappa shape index (κ2) is 11.0. The van der Waals surface area contributed by atoms with Crippen LogP contribution >= 0.6 is 0 Å². The quantitative estimate of drug-likeness (QED) is 0.145. The molecular formula is C48H37N3O2. The molecule has 0 radical (unpaired) electrons. The number of para-hydroxylation sites is 2. The lowest BCUT2D eigenvalue weighted by atomic mass is 9.81. The van der Waals surface area contributed by atoms with Gasteiger partial charge in [0, 0.05) is 50.8 Å². The smallest absolute Gasteiger partial charge is 0.269 e. The molecular weight excluding hydrogens is 651 g/mol. The topological polar surface area (TPSA) is 60.1 Å². The molecule has 0 amide bonds. The maximum absolute atomic E-state index is 11.5. The van der Waals surface area contributed by atoms with Crippen molar-refractivity contribution in [3.8, 4) is 39.1 Å². The number of rotatable bonds is 5. The minimum Gasteiger partial charge on any atom is -0.356 e. The second-order valence-electron chi connectivity index (χ2n) is 15.6. The first-order chi connectivity index (χ1) is 25.6. The molecule has 0 fully saturated rings. The number of fused-ring (bicyclic) bond motifs is 9. The van der Waals surface area contributed by atoms with Crippen LogP contribution in [0.3, 0.4) is 0 Å². The van der Waals surface area contributed by atoms with Crippen molar-refractivity contribution < 1.29 is 4.92 Å². The molecule has 1 heterocycles. The Morgan fingerprint density at radius 1 is 0.509 bits per heavy atom. The Bertz CT molecular complexity index is 2840. The van der Waals surface area contributed by atoms with E-state index >= 15 is 0 Å². The van der Waals surface area contributed by atoms with E-state index in [0.717, 1.165) is 33.8 Å². The van der Waals surface area contributed by atoms with Gasteiger partial charge < -0.3 is 9.88 Å². The van der Waals surface area contributed by atoms with Crippen LogP contribution in [-0.4, -0.2) is 9.49 Å². The highest BCUT2D eigenvalue weighted by atomic mass is 16.6. The van der Waals surface area contributed by atoms with Crippen molar-refractivity contribution in [3.05, 3.63) is 178 Å². The average Bonchev–Trinajstić information content (AvgIpc) is 3.71. The van der Waals surface area contributed by atoms with Crippen molar-refractivity contribution >= 4 is 38.9 Å². The summed E-state index contributed by atoms with van der Waals surface area (Å²) in [6.07, 6.45) is 0. The lowest BCUT2D eigenvalue weighted by Crippen LogP contribution is -2.16. The zero-order valence-corrected chi connectivity index (χ0v) is 30.1. The summed E-state index contributed by atoms with van der Waals surface area (Å²) in [6.45, 7) is 8.96. The van der Waals surface area contributed by atoms with E-state index in [1.165, 1.54) is 60.8 Å². The van der Waals surface area contributed by atoms with Gasteiger partial charge in [0.25, 0.3) is 5.69 Å². The number of nitro groups is 1. The molecule has 256 valence electrons. The summed E-state index contributed by atoms with van der Waals surface area (Å²) in [7, 11) is 0. The predicted molar refractivity (Wildman–Crippen MR) is 218 cm³/mol. The molecule has 5 heteroatoms. The van der Waals surface area contributed by atoms with Crippen LogP contribution in [0.1, 0.15) is 49.9 Å². The third kappa shape index (κ3) is 4.56. The first-order valence-electron chi connectivity index (χ1n) is 18.2. The summed E-state index contributed by atoms with van der Waals surface area (Å²) in [5, 5.41) is 17.7. The monoisotopic (exact) mass is 687 g/mol. The third-order valence-electron chi connectivity index (χ3n) is 11.9. The Morgan fingerprint density at radius 2 is 1.02 bits per heavy atom. The molecule has 1 aromatic heterocycles. The van der Waals surface area contributed by atoms with E-state index in [4.69, 9.17) is 0 Å². The number of anilines is 2. The maximum Gasteiger partial charge on any atom is 0.269 e. The van der Waals surface area contributed by atoms with Gasteiger partial charge in [-0.2, -0.15) is 0 Å². The Balaban J connectivity index is 0.980. The number of hydrogen-bond acceptors (Lipinski definition) is 3. The zero-order valence-electron chi connectivity index (χ0n) is 30.1. The highest BCUT2D eigenvalue weighted by Crippen LogP contribution is 2.52. The van der Waals surface area contributed by atoms with Crippen LogP contribution in [0.15, 0.2) is 146 Å². The molecule has 1 N–H and O–H groups in total. The van der Waals surface area contributed by atoms with Crippen molar-refractivity contribution in [2.75, 3.05) is 5.32 Å².